The zero-order valence-electron chi connectivity index (χ0n) is 13.2. The van der Waals surface area contributed by atoms with Crippen LogP contribution in [0.15, 0.2) is 64.0 Å². The Morgan fingerprint density at radius 1 is 1.00 bits per heavy atom. The predicted octanol–water partition coefficient (Wildman–Crippen LogP) is 4.72. The van der Waals surface area contributed by atoms with Crippen molar-refractivity contribution >= 4 is 42.4 Å². The van der Waals surface area contributed by atoms with Gasteiger partial charge in [-0.15, -0.1) is 0 Å². The van der Waals surface area contributed by atoms with Crippen molar-refractivity contribution in [3.63, 3.8) is 0 Å². The summed E-state index contributed by atoms with van der Waals surface area (Å²) in [5, 5.41) is 1.38. The SMILES string of the molecule is COc1ccc(S(=O)(=O)Nc2ccc(Br)cc2C)c2ccccc12. The molecule has 0 spiro atoms. The fourth-order valence-corrected chi connectivity index (χ4v) is 4.42. The fraction of sp³-hybridized carbons (Fsp3) is 0.111. The molecule has 0 saturated carbocycles. The minimum absolute atomic E-state index is 0.223. The predicted molar refractivity (Wildman–Crippen MR) is 100 cm³/mol. The Balaban J connectivity index is 2.12. The summed E-state index contributed by atoms with van der Waals surface area (Å²) < 4.78 is 34.7. The molecule has 0 radical (unpaired) electrons. The van der Waals surface area contributed by atoms with Gasteiger partial charge in [0, 0.05) is 15.2 Å². The van der Waals surface area contributed by atoms with Crippen LogP contribution in [-0.2, 0) is 10.0 Å². The maximum Gasteiger partial charge on any atom is 0.262 e. The van der Waals surface area contributed by atoms with E-state index in [4.69, 9.17) is 4.74 Å². The maximum absolute atomic E-state index is 12.9. The number of methoxy groups -OCH3 is 1. The number of nitrogens with one attached hydrogen (secondary N) is 1. The molecule has 0 bridgehead atoms. The molecule has 0 aliphatic carbocycles. The normalized spacial score (nSPS) is 11.5. The van der Waals surface area contributed by atoms with Gasteiger partial charge in [-0.2, -0.15) is 0 Å². The molecule has 3 aromatic rings. The molecule has 24 heavy (non-hydrogen) atoms. The van der Waals surface area contributed by atoms with E-state index >= 15 is 0 Å². The smallest absolute Gasteiger partial charge is 0.262 e. The number of sulfonamides is 1. The van der Waals surface area contributed by atoms with Crippen LogP contribution in [0, 0.1) is 6.92 Å². The van der Waals surface area contributed by atoms with Crippen molar-refractivity contribution in [1.29, 1.82) is 0 Å². The van der Waals surface area contributed by atoms with Crippen molar-refractivity contribution in [1.82, 2.24) is 0 Å². The first-order valence-corrected chi connectivity index (χ1v) is 9.55. The zero-order chi connectivity index (χ0) is 17.3. The van der Waals surface area contributed by atoms with Gasteiger partial charge in [-0.3, -0.25) is 4.72 Å². The fourth-order valence-electron chi connectivity index (χ4n) is 2.60. The number of aryl methyl sites for hydroxylation is 1. The molecular weight excluding hydrogens is 390 g/mol. The summed E-state index contributed by atoms with van der Waals surface area (Å²) >= 11 is 3.38. The van der Waals surface area contributed by atoms with Crippen LogP contribution in [0.1, 0.15) is 5.56 Å². The minimum atomic E-state index is -3.72. The van der Waals surface area contributed by atoms with Crippen LogP contribution in [0.3, 0.4) is 0 Å². The molecule has 0 aliphatic heterocycles. The number of fused-ring (bicyclic) bond motifs is 1. The molecule has 3 rings (SSSR count). The van der Waals surface area contributed by atoms with Gasteiger partial charge in [-0.25, -0.2) is 8.42 Å². The number of anilines is 1. The molecule has 0 fully saturated rings. The van der Waals surface area contributed by atoms with Crippen molar-refractivity contribution in [2.45, 2.75) is 11.8 Å². The van der Waals surface area contributed by atoms with Gasteiger partial charge >= 0.3 is 0 Å². The quantitative estimate of drug-likeness (QED) is 0.682. The number of hydrogen-bond acceptors (Lipinski definition) is 3. The highest BCUT2D eigenvalue weighted by Gasteiger charge is 2.19. The Labute approximate surface area is 149 Å². The van der Waals surface area contributed by atoms with Gasteiger partial charge in [0.15, 0.2) is 0 Å². The Hall–Kier alpha value is -2.05. The second-order valence-electron chi connectivity index (χ2n) is 5.38. The van der Waals surface area contributed by atoms with Crippen LogP contribution in [0.4, 0.5) is 5.69 Å². The molecule has 0 amide bonds. The lowest BCUT2D eigenvalue weighted by molar-refractivity contribution is 0.419. The van der Waals surface area contributed by atoms with Gasteiger partial charge in [0.2, 0.25) is 0 Å². The third-order valence-electron chi connectivity index (χ3n) is 3.79. The lowest BCUT2D eigenvalue weighted by Gasteiger charge is -2.14. The van der Waals surface area contributed by atoms with Crippen LogP contribution >= 0.6 is 15.9 Å². The highest BCUT2D eigenvalue weighted by molar-refractivity contribution is 9.10. The van der Waals surface area contributed by atoms with E-state index < -0.39 is 10.0 Å². The molecule has 124 valence electrons. The highest BCUT2D eigenvalue weighted by atomic mass is 79.9. The number of ether oxygens (including phenoxy) is 1. The highest BCUT2D eigenvalue weighted by Crippen LogP contribution is 2.32. The lowest BCUT2D eigenvalue weighted by Crippen LogP contribution is -2.14. The van der Waals surface area contributed by atoms with Crippen LogP contribution in [0.5, 0.6) is 5.75 Å². The third kappa shape index (κ3) is 3.12. The monoisotopic (exact) mass is 405 g/mol. The van der Waals surface area contributed by atoms with E-state index in [0.29, 0.717) is 16.8 Å². The molecule has 0 saturated heterocycles. The zero-order valence-corrected chi connectivity index (χ0v) is 15.6. The topological polar surface area (TPSA) is 55.4 Å². The summed E-state index contributed by atoms with van der Waals surface area (Å²) in [6, 6.07) is 15.9. The van der Waals surface area contributed by atoms with E-state index in [0.717, 1.165) is 15.4 Å². The number of halogens is 1. The van der Waals surface area contributed by atoms with Crippen LogP contribution in [0.25, 0.3) is 10.8 Å². The van der Waals surface area contributed by atoms with E-state index in [-0.39, 0.29) is 4.90 Å². The molecule has 3 aromatic carbocycles. The number of hydrogen-bond donors (Lipinski definition) is 1. The summed E-state index contributed by atoms with van der Waals surface area (Å²) in [5.41, 5.74) is 1.39. The van der Waals surface area contributed by atoms with Gasteiger partial charge < -0.3 is 4.74 Å². The Kier molecular flexibility index (Phi) is 4.51. The average Bonchev–Trinajstić information content (AvgIpc) is 2.56. The van der Waals surface area contributed by atoms with Crippen LogP contribution < -0.4 is 9.46 Å². The number of rotatable bonds is 4. The molecule has 0 atom stereocenters. The van der Waals surface area contributed by atoms with Gasteiger partial charge in [0.05, 0.1) is 17.7 Å². The summed E-state index contributed by atoms with van der Waals surface area (Å²) in [4.78, 5) is 0.223. The van der Waals surface area contributed by atoms with Crippen LogP contribution in [0.2, 0.25) is 0 Å². The first-order valence-electron chi connectivity index (χ1n) is 7.27. The summed E-state index contributed by atoms with van der Waals surface area (Å²) in [6.07, 6.45) is 0. The van der Waals surface area contributed by atoms with E-state index in [1.807, 2.05) is 31.2 Å². The maximum atomic E-state index is 12.9. The Morgan fingerprint density at radius 2 is 1.71 bits per heavy atom. The van der Waals surface area contributed by atoms with Crippen molar-refractivity contribution in [3.8, 4) is 5.75 Å². The summed E-state index contributed by atoms with van der Waals surface area (Å²) in [6.45, 7) is 1.86. The molecule has 6 heteroatoms. The molecule has 0 unspecified atom stereocenters. The van der Waals surface area contributed by atoms with Crippen molar-refractivity contribution in [3.05, 3.63) is 64.6 Å². The molecule has 0 aliphatic rings. The van der Waals surface area contributed by atoms with Gasteiger partial charge in [0.25, 0.3) is 10.0 Å². The van der Waals surface area contributed by atoms with Crippen LogP contribution in [-0.4, -0.2) is 15.5 Å². The average molecular weight is 406 g/mol. The number of benzene rings is 3. The van der Waals surface area contributed by atoms with Crippen molar-refractivity contribution < 1.29 is 13.2 Å². The Bertz CT molecular complexity index is 1020. The van der Waals surface area contributed by atoms with Gasteiger partial charge in [-0.05, 0) is 42.8 Å². The van der Waals surface area contributed by atoms with E-state index in [1.165, 1.54) is 0 Å². The first-order chi connectivity index (χ1) is 11.4. The van der Waals surface area contributed by atoms with Crippen molar-refractivity contribution in [2.24, 2.45) is 0 Å². The van der Waals surface area contributed by atoms with Gasteiger partial charge in [-0.1, -0.05) is 40.2 Å². The third-order valence-corrected chi connectivity index (χ3v) is 5.70. The summed E-state index contributed by atoms with van der Waals surface area (Å²) in [7, 11) is -2.15. The second-order valence-corrected chi connectivity index (χ2v) is 7.94. The van der Waals surface area contributed by atoms with E-state index in [9.17, 15) is 8.42 Å². The largest absolute Gasteiger partial charge is 0.496 e. The van der Waals surface area contributed by atoms with Crippen molar-refractivity contribution in [2.75, 3.05) is 11.8 Å². The first kappa shape index (κ1) is 16.8. The molecule has 0 aromatic heterocycles. The van der Waals surface area contributed by atoms with E-state index in [2.05, 4.69) is 20.7 Å². The lowest BCUT2D eigenvalue weighted by atomic mass is 10.1. The Morgan fingerprint density at radius 3 is 2.38 bits per heavy atom. The second kappa shape index (κ2) is 6.45. The summed E-state index contributed by atoms with van der Waals surface area (Å²) in [5.74, 6) is 0.643. The molecule has 4 nitrogen and oxygen atoms in total. The molecule has 0 heterocycles. The standard InChI is InChI=1S/C18H16BrNO3S/c1-12-11-13(19)7-8-16(12)20-24(21,22)18-10-9-17(23-2)14-5-3-4-6-15(14)18/h3-11,20H,1-2H3. The minimum Gasteiger partial charge on any atom is -0.496 e. The van der Waals surface area contributed by atoms with Gasteiger partial charge in [0.1, 0.15) is 5.75 Å². The molecular formula is C18H16BrNO3S. The molecule has 1 N–H and O–H groups in total. The van der Waals surface area contributed by atoms with E-state index in [1.54, 1.807) is 37.4 Å².